The van der Waals surface area contributed by atoms with Gasteiger partial charge in [0.25, 0.3) is 5.91 Å². The van der Waals surface area contributed by atoms with E-state index in [-0.39, 0.29) is 11.1 Å². The van der Waals surface area contributed by atoms with Crippen LogP contribution < -0.4 is 11.1 Å². The van der Waals surface area contributed by atoms with E-state index in [0.29, 0.717) is 29.3 Å². The average molecular weight is 401 g/mol. The summed E-state index contributed by atoms with van der Waals surface area (Å²) in [6.45, 7) is 2.04. The summed E-state index contributed by atoms with van der Waals surface area (Å²) in [6, 6.07) is 5.60. The second kappa shape index (κ2) is 7.67. The van der Waals surface area contributed by atoms with E-state index in [4.69, 9.17) is 5.73 Å². The molecule has 150 valence electrons. The van der Waals surface area contributed by atoms with Crippen molar-refractivity contribution < 1.29 is 18.0 Å². The van der Waals surface area contributed by atoms with E-state index in [2.05, 4.69) is 20.2 Å². The first-order valence-electron chi connectivity index (χ1n) is 9.11. The molecule has 9 heteroatoms. The Balaban J connectivity index is 1.76. The largest absolute Gasteiger partial charge is 0.366 e. The number of benzene rings is 2. The number of primary amides is 1. The summed E-state index contributed by atoms with van der Waals surface area (Å²) in [5.41, 5.74) is 5.99. The first-order valence-corrected chi connectivity index (χ1v) is 9.11. The van der Waals surface area contributed by atoms with E-state index in [1.807, 2.05) is 0 Å². The summed E-state index contributed by atoms with van der Waals surface area (Å²) < 4.78 is 41.7. The zero-order valence-corrected chi connectivity index (χ0v) is 15.3. The number of carbonyl (C=O) groups is 1. The molecule has 1 amide bonds. The molecule has 1 aliphatic rings. The molecule has 0 saturated carbocycles. The summed E-state index contributed by atoms with van der Waals surface area (Å²) in [7, 11) is 0. The van der Waals surface area contributed by atoms with Crippen molar-refractivity contribution in [1.29, 1.82) is 0 Å². The van der Waals surface area contributed by atoms with Crippen LogP contribution in [0.4, 0.5) is 19.0 Å². The molecule has 6 nitrogen and oxygen atoms in total. The van der Waals surface area contributed by atoms with Gasteiger partial charge in [0.15, 0.2) is 11.6 Å². The predicted octanol–water partition coefficient (Wildman–Crippen LogP) is 3.00. The summed E-state index contributed by atoms with van der Waals surface area (Å²) in [6.07, 6.45) is 2.28. The molecule has 1 unspecified atom stereocenters. The molecule has 3 aromatic rings. The lowest BCUT2D eigenvalue weighted by atomic mass is 10.0. The van der Waals surface area contributed by atoms with Gasteiger partial charge < -0.3 is 16.0 Å². The molecule has 2 aromatic carbocycles. The zero-order valence-electron chi connectivity index (χ0n) is 15.3. The number of halogens is 3. The van der Waals surface area contributed by atoms with Gasteiger partial charge in [0.2, 0.25) is 0 Å². The molecule has 4 rings (SSSR count). The van der Waals surface area contributed by atoms with E-state index < -0.39 is 29.4 Å². The van der Waals surface area contributed by atoms with Gasteiger partial charge in [0, 0.05) is 23.6 Å². The fourth-order valence-electron chi connectivity index (χ4n) is 3.42. The van der Waals surface area contributed by atoms with Crippen molar-refractivity contribution in [3.8, 4) is 0 Å². The number of nitrogens with zero attached hydrogens (tertiary/aromatic N) is 3. The summed E-state index contributed by atoms with van der Waals surface area (Å²) in [5.74, 6) is -3.51. The molecule has 1 atom stereocenters. The van der Waals surface area contributed by atoms with Gasteiger partial charge in [0.1, 0.15) is 18.0 Å². The van der Waals surface area contributed by atoms with Gasteiger partial charge in [-0.3, -0.25) is 4.79 Å². The lowest BCUT2D eigenvalue weighted by Gasteiger charge is -2.35. The van der Waals surface area contributed by atoms with Crippen LogP contribution in [0.15, 0.2) is 36.7 Å². The van der Waals surface area contributed by atoms with Gasteiger partial charge in [-0.25, -0.2) is 23.1 Å². The number of para-hydroxylation sites is 1. The molecule has 3 N–H and O–H groups in total. The van der Waals surface area contributed by atoms with Crippen molar-refractivity contribution in [3.63, 3.8) is 0 Å². The van der Waals surface area contributed by atoms with Gasteiger partial charge in [-0.2, -0.15) is 0 Å². The Hall–Kier alpha value is -3.20. The lowest BCUT2D eigenvalue weighted by molar-refractivity contribution is 0.100. The Morgan fingerprint density at radius 1 is 1.14 bits per heavy atom. The Labute approximate surface area is 164 Å². The number of hydrogen-bond acceptors (Lipinski definition) is 5. The molecule has 0 spiro atoms. The molecular weight excluding hydrogens is 383 g/mol. The van der Waals surface area contributed by atoms with E-state index in [0.717, 1.165) is 25.6 Å². The quantitative estimate of drug-likeness (QED) is 0.621. The lowest BCUT2D eigenvalue weighted by Crippen LogP contribution is -2.41. The summed E-state index contributed by atoms with van der Waals surface area (Å²) >= 11 is 0. The first-order chi connectivity index (χ1) is 13.9. The second-order valence-corrected chi connectivity index (χ2v) is 6.93. The van der Waals surface area contributed by atoms with Crippen LogP contribution in [0, 0.1) is 17.5 Å². The number of fused-ring (bicyclic) bond motifs is 1. The SMILES string of the molecule is NC(=O)c1cccc2c(NC(CN3CCC3)c3cc(F)c(F)cc3F)ncnc12. The van der Waals surface area contributed by atoms with Crippen molar-refractivity contribution in [3.05, 3.63) is 65.2 Å². The highest BCUT2D eigenvalue weighted by molar-refractivity contribution is 6.06. The third-order valence-electron chi connectivity index (χ3n) is 5.05. The minimum atomic E-state index is -1.24. The Morgan fingerprint density at radius 2 is 1.90 bits per heavy atom. The molecule has 1 aromatic heterocycles. The van der Waals surface area contributed by atoms with Crippen molar-refractivity contribution in [2.24, 2.45) is 5.73 Å². The minimum Gasteiger partial charge on any atom is -0.366 e. The minimum absolute atomic E-state index is 0.00591. The van der Waals surface area contributed by atoms with Crippen LogP contribution >= 0.6 is 0 Å². The second-order valence-electron chi connectivity index (χ2n) is 6.93. The van der Waals surface area contributed by atoms with Crippen molar-refractivity contribution in [2.75, 3.05) is 25.0 Å². The average Bonchev–Trinajstić information content (AvgIpc) is 2.66. The molecule has 0 aliphatic carbocycles. The fourth-order valence-corrected chi connectivity index (χ4v) is 3.42. The highest BCUT2D eigenvalue weighted by Gasteiger charge is 2.25. The number of nitrogens with one attached hydrogen (secondary N) is 1. The topological polar surface area (TPSA) is 84.1 Å². The number of aromatic nitrogens is 2. The number of nitrogens with two attached hydrogens (primary N) is 1. The molecule has 2 heterocycles. The number of amides is 1. The molecule has 0 bridgehead atoms. The van der Waals surface area contributed by atoms with Crippen LogP contribution in [-0.2, 0) is 0 Å². The first kappa shape index (κ1) is 19.1. The van der Waals surface area contributed by atoms with Gasteiger partial charge in [-0.05, 0) is 37.7 Å². The van der Waals surface area contributed by atoms with Crippen molar-refractivity contribution in [1.82, 2.24) is 14.9 Å². The Morgan fingerprint density at radius 3 is 2.59 bits per heavy atom. The zero-order chi connectivity index (χ0) is 20.5. The number of rotatable bonds is 6. The molecule has 29 heavy (non-hydrogen) atoms. The van der Waals surface area contributed by atoms with Crippen LogP contribution in [0.1, 0.15) is 28.4 Å². The maximum atomic E-state index is 14.5. The number of hydrogen-bond donors (Lipinski definition) is 2. The van der Waals surface area contributed by atoms with Crippen molar-refractivity contribution >= 4 is 22.6 Å². The fraction of sp³-hybridized carbons (Fsp3) is 0.250. The van der Waals surface area contributed by atoms with Gasteiger partial charge >= 0.3 is 0 Å². The molecular formula is C20H18F3N5O. The summed E-state index contributed by atoms with van der Waals surface area (Å²) in [4.78, 5) is 22.1. The normalized spacial score (nSPS) is 15.1. The van der Waals surface area contributed by atoms with Crippen LogP contribution in [0.3, 0.4) is 0 Å². The van der Waals surface area contributed by atoms with E-state index in [1.165, 1.54) is 6.33 Å². The highest BCUT2D eigenvalue weighted by Crippen LogP contribution is 2.29. The summed E-state index contributed by atoms with van der Waals surface area (Å²) in [5, 5.41) is 3.63. The number of anilines is 1. The number of likely N-dealkylation sites (tertiary alicyclic amines) is 1. The molecule has 0 radical (unpaired) electrons. The Bertz CT molecular complexity index is 1090. The van der Waals surface area contributed by atoms with E-state index >= 15 is 0 Å². The van der Waals surface area contributed by atoms with Crippen LogP contribution in [0.25, 0.3) is 10.9 Å². The number of carbonyl (C=O) groups excluding carboxylic acids is 1. The van der Waals surface area contributed by atoms with Gasteiger partial charge in [-0.1, -0.05) is 6.07 Å². The third-order valence-corrected chi connectivity index (χ3v) is 5.05. The predicted molar refractivity (Wildman–Crippen MR) is 102 cm³/mol. The highest BCUT2D eigenvalue weighted by atomic mass is 19.2. The maximum Gasteiger partial charge on any atom is 0.250 e. The molecule has 1 aliphatic heterocycles. The monoisotopic (exact) mass is 401 g/mol. The smallest absolute Gasteiger partial charge is 0.250 e. The van der Waals surface area contributed by atoms with Crippen LogP contribution in [0.2, 0.25) is 0 Å². The molecule has 1 saturated heterocycles. The molecule has 1 fully saturated rings. The van der Waals surface area contributed by atoms with E-state index in [9.17, 15) is 18.0 Å². The third kappa shape index (κ3) is 3.73. The van der Waals surface area contributed by atoms with Crippen molar-refractivity contribution in [2.45, 2.75) is 12.5 Å². The van der Waals surface area contributed by atoms with Crippen LogP contribution in [-0.4, -0.2) is 40.4 Å². The standard InChI is InChI=1S/C20H18F3N5O/c21-14-8-16(23)15(22)7-13(14)17(9-28-5-2-6-28)27-20-12-4-1-3-11(19(24)29)18(12)25-10-26-20/h1,3-4,7-8,10,17H,2,5-6,9H2,(H2,24,29)(H,25,26,27). The maximum absolute atomic E-state index is 14.5. The van der Waals surface area contributed by atoms with Gasteiger partial charge in [0.05, 0.1) is 17.1 Å². The van der Waals surface area contributed by atoms with E-state index in [1.54, 1.807) is 18.2 Å². The Kier molecular flexibility index (Phi) is 5.06. The van der Waals surface area contributed by atoms with Gasteiger partial charge in [-0.15, -0.1) is 0 Å². The van der Waals surface area contributed by atoms with Crippen LogP contribution in [0.5, 0.6) is 0 Å².